The molecule has 25 heavy (non-hydrogen) atoms. The Bertz CT molecular complexity index is 564. The molecule has 1 amide bonds. The molecule has 1 aromatic carbocycles. The van der Waals surface area contributed by atoms with Gasteiger partial charge in [-0.3, -0.25) is 0 Å². The minimum atomic E-state index is -0.501. The SMILES string of the molecule is CCN(Cc1ccccc1NC(C)C(C)(C)OC)C(=O)OC(C)(C)C. The van der Waals surface area contributed by atoms with E-state index in [1.807, 2.05) is 65.8 Å². The first-order valence-electron chi connectivity index (χ1n) is 8.87. The third-order valence-corrected chi connectivity index (χ3v) is 4.35. The van der Waals surface area contributed by atoms with Crippen LogP contribution in [-0.2, 0) is 16.0 Å². The summed E-state index contributed by atoms with van der Waals surface area (Å²) in [5.41, 5.74) is 1.25. The second-order valence-corrected chi connectivity index (χ2v) is 7.83. The van der Waals surface area contributed by atoms with Gasteiger partial charge in [-0.2, -0.15) is 0 Å². The van der Waals surface area contributed by atoms with Crippen LogP contribution in [0.3, 0.4) is 0 Å². The number of ether oxygens (including phenoxy) is 2. The molecule has 0 fully saturated rings. The number of carbonyl (C=O) groups excluding carboxylic acids is 1. The number of nitrogens with one attached hydrogen (secondary N) is 1. The average Bonchev–Trinajstić information content (AvgIpc) is 2.52. The van der Waals surface area contributed by atoms with Crippen LogP contribution in [0.15, 0.2) is 24.3 Å². The topological polar surface area (TPSA) is 50.8 Å². The fraction of sp³-hybridized carbons (Fsp3) is 0.650. The van der Waals surface area contributed by atoms with E-state index in [9.17, 15) is 4.79 Å². The van der Waals surface area contributed by atoms with Crippen molar-refractivity contribution in [1.82, 2.24) is 4.90 Å². The molecule has 0 aliphatic carbocycles. The van der Waals surface area contributed by atoms with Crippen LogP contribution in [0.25, 0.3) is 0 Å². The number of para-hydroxylation sites is 1. The molecule has 0 aliphatic heterocycles. The minimum absolute atomic E-state index is 0.107. The van der Waals surface area contributed by atoms with Crippen LogP contribution in [0.2, 0.25) is 0 Å². The van der Waals surface area contributed by atoms with Gasteiger partial charge in [0.2, 0.25) is 0 Å². The second-order valence-electron chi connectivity index (χ2n) is 7.83. The van der Waals surface area contributed by atoms with Crippen molar-refractivity contribution >= 4 is 11.8 Å². The Hall–Kier alpha value is -1.75. The molecule has 0 saturated heterocycles. The zero-order chi connectivity index (χ0) is 19.3. The predicted octanol–water partition coefficient (Wildman–Crippen LogP) is 4.67. The molecule has 0 radical (unpaired) electrons. The molecular weight excluding hydrogens is 316 g/mol. The molecule has 0 heterocycles. The molecule has 5 nitrogen and oxygen atoms in total. The smallest absolute Gasteiger partial charge is 0.410 e. The van der Waals surface area contributed by atoms with Crippen molar-refractivity contribution in [1.29, 1.82) is 0 Å². The van der Waals surface area contributed by atoms with Gasteiger partial charge in [-0.15, -0.1) is 0 Å². The maximum absolute atomic E-state index is 12.4. The van der Waals surface area contributed by atoms with E-state index in [-0.39, 0.29) is 17.7 Å². The number of benzene rings is 1. The third-order valence-electron chi connectivity index (χ3n) is 4.35. The maximum Gasteiger partial charge on any atom is 0.410 e. The van der Waals surface area contributed by atoms with Gasteiger partial charge < -0.3 is 19.7 Å². The number of carbonyl (C=O) groups is 1. The molecule has 1 N–H and O–H groups in total. The van der Waals surface area contributed by atoms with Gasteiger partial charge in [0.25, 0.3) is 0 Å². The van der Waals surface area contributed by atoms with E-state index in [4.69, 9.17) is 9.47 Å². The highest BCUT2D eigenvalue weighted by Gasteiger charge is 2.26. The van der Waals surface area contributed by atoms with Crippen LogP contribution in [0.5, 0.6) is 0 Å². The van der Waals surface area contributed by atoms with Gasteiger partial charge in [0.1, 0.15) is 5.60 Å². The number of hydrogen-bond donors (Lipinski definition) is 1. The molecule has 0 aliphatic rings. The largest absolute Gasteiger partial charge is 0.444 e. The van der Waals surface area contributed by atoms with Crippen LogP contribution in [0, 0.1) is 0 Å². The minimum Gasteiger partial charge on any atom is -0.444 e. The molecule has 1 aromatic rings. The molecule has 1 atom stereocenters. The van der Waals surface area contributed by atoms with Gasteiger partial charge in [0.15, 0.2) is 0 Å². The van der Waals surface area contributed by atoms with E-state index in [2.05, 4.69) is 12.2 Å². The van der Waals surface area contributed by atoms with Crippen LogP contribution in [-0.4, -0.2) is 41.9 Å². The third kappa shape index (κ3) is 6.58. The standard InChI is InChI=1S/C20H34N2O3/c1-9-22(18(23)25-19(3,4)5)14-16-12-10-11-13-17(16)21-15(2)20(6,7)24-8/h10-13,15,21H,9,14H2,1-8H3. The van der Waals surface area contributed by atoms with Crippen LogP contribution >= 0.6 is 0 Å². The van der Waals surface area contributed by atoms with E-state index in [1.54, 1.807) is 12.0 Å². The first-order chi connectivity index (χ1) is 11.5. The number of nitrogens with zero attached hydrogens (tertiary/aromatic N) is 1. The fourth-order valence-corrected chi connectivity index (χ4v) is 2.22. The first-order valence-corrected chi connectivity index (χ1v) is 8.87. The Morgan fingerprint density at radius 1 is 1.20 bits per heavy atom. The van der Waals surface area contributed by atoms with Crippen LogP contribution in [0.1, 0.15) is 54.0 Å². The average molecular weight is 351 g/mol. The van der Waals surface area contributed by atoms with Crippen molar-refractivity contribution in [2.45, 2.75) is 72.3 Å². The molecule has 0 saturated carbocycles. The Morgan fingerprint density at radius 3 is 2.32 bits per heavy atom. The molecule has 1 unspecified atom stereocenters. The monoisotopic (exact) mass is 350 g/mol. The lowest BCUT2D eigenvalue weighted by molar-refractivity contribution is 0.0106. The highest BCUT2D eigenvalue weighted by Crippen LogP contribution is 2.23. The number of methoxy groups -OCH3 is 1. The summed E-state index contributed by atoms with van der Waals surface area (Å²) in [6.07, 6.45) is -0.296. The zero-order valence-electron chi connectivity index (χ0n) is 17.0. The van der Waals surface area contributed by atoms with Crippen LogP contribution < -0.4 is 5.32 Å². The van der Waals surface area contributed by atoms with E-state index in [0.717, 1.165) is 11.3 Å². The summed E-state index contributed by atoms with van der Waals surface area (Å²) in [5, 5.41) is 3.51. The van der Waals surface area contributed by atoms with Crippen molar-refractivity contribution in [3.63, 3.8) is 0 Å². The van der Waals surface area contributed by atoms with Gasteiger partial charge in [-0.05, 0) is 60.1 Å². The van der Waals surface area contributed by atoms with E-state index in [0.29, 0.717) is 13.1 Å². The van der Waals surface area contributed by atoms with Gasteiger partial charge in [-0.1, -0.05) is 18.2 Å². The van der Waals surface area contributed by atoms with Gasteiger partial charge in [-0.25, -0.2) is 4.79 Å². The summed E-state index contributed by atoms with van der Waals surface area (Å²) in [7, 11) is 1.71. The lowest BCUT2D eigenvalue weighted by Gasteiger charge is -2.33. The van der Waals surface area contributed by atoms with Crippen molar-refractivity contribution < 1.29 is 14.3 Å². The highest BCUT2D eigenvalue weighted by atomic mass is 16.6. The van der Waals surface area contributed by atoms with Crippen molar-refractivity contribution in [3.05, 3.63) is 29.8 Å². The van der Waals surface area contributed by atoms with E-state index in [1.165, 1.54) is 0 Å². The second kappa shape index (κ2) is 8.56. The maximum atomic E-state index is 12.4. The summed E-state index contributed by atoms with van der Waals surface area (Å²) >= 11 is 0. The Balaban J connectivity index is 2.93. The number of amides is 1. The first kappa shape index (κ1) is 21.3. The molecule has 5 heteroatoms. The van der Waals surface area contributed by atoms with Crippen molar-refractivity contribution in [2.75, 3.05) is 19.0 Å². The number of anilines is 1. The fourth-order valence-electron chi connectivity index (χ4n) is 2.22. The molecule has 1 rings (SSSR count). The summed E-state index contributed by atoms with van der Waals surface area (Å²) in [5.74, 6) is 0. The molecule has 142 valence electrons. The van der Waals surface area contributed by atoms with Crippen molar-refractivity contribution in [2.24, 2.45) is 0 Å². The number of rotatable bonds is 7. The molecule has 0 bridgehead atoms. The summed E-state index contributed by atoms with van der Waals surface area (Å²) in [6, 6.07) is 8.13. The molecule has 0 aromatic heterocycles. The summed E-state index contributed by atoms with van der Waals surface area (Å²) in [6.45, 7) is 14.9. The predicted molar refractivity (Wildman–Crippen MR) is 103 cm³/mol. The highest BCUT2D eigenvalue weighted by molar-refractivity contribution is 5.68. The normalized spacial score (nSPS) is 13.3. The van der Waals surface area contributed by atoms with Gasteiger partial charge >= 0.3 is 6.09 Å². The van der Waals surface area contributed by atoms with E-state index < -0.39 is 5.60 Å². The summed E-state index contributed by atoms with van der Waals surface area (Å²) < 4.78 is 11.1. The van der Waals surface area contributed by atoms with Gasteiger partial charge in [0, 0.05) is 19.3 Å². The Kier molecular flexibility index (Phi) is 7.29. The molecular formula is C20H34N2O3. The lowest BCUT2D eigenvalue weighted by atomic mass is 9.99. The van der Waals surface area contributed by atoms with E-state index >= 15 is 0 Å². The number of hydrogen-bond acceptors (Lipinski definition) is 4. The Morgan fingerprint density at radius 2 is 1.80 bits per heavy atom. The lowest BCUT2D eigenvalue weighted by Crippen LogP contribution is -2.41. The van der Waals surface area contributed by atoms with Gasteiger partial charge in [0.05, 0.1) is 18.2 Å². The molecule has 0 spiro atoms. The van der Waals surface area contributed by atoms with Crippen molar-refractivity contribution in [3.8, 4) is 0 Å². The Labute approximate surface area is 152 Å². The quantitative estimate of drug-likeness (QED) is 0.776. The van der Waals surface area contributed by atoms with Crippen LogP contribution in [0.4, 0.5) is 10.5 Å². The summed E-state index contributed by atoms with van der Waals surface area (Å²) in [4.78, 5) is 14.1. The zero-order valence-corrected chi connectivity index (χ0v) is 17.0.